The van der Waals surface area contributed by atoms with Gasteiger partial charge in [0.1, 0.15) is 11.8 Å². The summed E-state index contributed by atoms with van der Waals surface area (Å²) in [5, 5.41) is 14.3. The number of aromatic amines is 1. The normalized spacial score (nSPS) is 19.2. The standard InChI is InChI=1S/C22H26N4O2/c1-12-8-15(21-17(9-12)13(2)14(3)24-21)11-23-22(28)19-10-18(25-26-19)16-6-4-5-7-20(16)27/h4-9,18-19,24-27H,10-11H2,1-3H3,(H,23,28). The lowest BCUT2D eigenvalue weighted by molar-refractivity contribution is -0.123. The zero-order valence-corrected chi connectivity index (χ0v) is 16.4. The van der Waals surface area contributed by atoms with Crippen molar-refractivity contribution in [2.45, 2.75) is 45.8 Å². The molecule has 2 unspecified atom stereocenters. The van der Waals surface area contributed by atoms with Crippen LogP contribution in [0, 0.1) is 20.8 Å². The van der Waals surface area contributed by atoms with Crippen molar-refractivity contribution in [3.63, 3.8) is 0 Å². The van der Waals surface area contributed by atoms with Gasteiger partial charge in [-0.25, -0.2) is 10.9 Å². The quantitative estimate of drug-likeness (QED) is 0.483. The Labute approximate surface area is 164 Å². The number of nitrogens with one attached hydrogen (secondary N) is 4. The van der Waals surface area contributed by atoms with Crippen molar-refractivity contribution in [2.75, 3.05) is 0 Å². The summed E-state index contributed by atoms with van der Waals surface area (Å²) in [6.45, 7) is 6.73. The predicted octanol–water partition coefficient (Wildman–Crippen LogP) is 3.02. The zero-order valence-electron chi connectivity index (χ0n) is 16.4. The first kappa shape index (κ1) is 18.5. The largest absolute Gasteiger partial charge is 0.508 e. The van der Waals surface area contributed by atoms with Crippen LogP contribution in [0.5, 0.6) is 5.75 Å². The number of phenols is 1. The van der Waals surface area contributed by atoms with Gasteiger partial charge >= 0.3 is 0 Å². The van der Waals surface area contributed by atoms with E-state index in [1.54, 1.807) is 12.1 Å². The average Bonchev–Trinajstić information content (AvgIpc) is 3.26. The van der Waals surface area contributed by atoms with Crippen LogP contribution >= 0.6 is 0 Å². The molecule has 3 aromatic rings. The second-order valence-electron chi connectivity index (χ2n) is 7.63. The highest BCUT2D eigenvalue weighted by Gasteiger charge is 2.31. The summed E-state index contributed by atoms with van der Waals surface area (Å²) in [5.41, 5.74) is 12.7. The van der Waals surface area contributed by atoms with E-state index >= 15 is 0 Å². The predicted molar refractivity (Wildman–Crippen MR) is 110 cm³/mol. The lowest BCUT2D eigenvalue weighted by atomic mass is 10.0. The minimum atomic E-state index is -0.350. The number of carbonyl (C=O) groups excluding carboxylic acids is 1. The van der Waals surface area contributed by atoms with Crippen molar-refractivity contribution in [3.8, 4) is 5.75 Å². The molecule has 0 bridgehead atoms. The van der Waals surface area contributed by atoms with E-state index in [2.05, 4.69) is 54.1 Å². The maximum Gasteiger partial charge on any atom is 0.238 e. The second-order valence-corrected chi connectivity index (χ2v) is 7.63. The first-order chi connectivity index (χ1) is 13.4. The number of aromatic hydroxyl groups is 1. The summed E-state index contributed by atoms with van der Waals surface area (Å²) in [6, 6.07) is 11.0. The highest BCUT2D eigenvalue weighted by atomic mass is 16.3. The number of hydrogen-bond acceptors (Lipinski definition) is 4. The number of aryl methyl sites for hydroxylation is 3. The van der Waals surface area contributed by atoms with Gasteiger partial charge in [-0.2, -0.15) is 0 Å². The molecule has 146 valence electrons. The zero-order chi connectivity index (χ0) is 19.8. The molecule has 1 saturated heterocycles. The molecule has 0 radical (unpaired) electrons. The van der Waals surface area contributed by atoms with E-state index in [1.807, 2.05) is 12.1 Å². The maximum absolute atomic E-state index is 12.7. The average molecular weight is 378 g/mol. The molecule has 2 heterocycles. The van der Waals surface area contributed by atoms with Gasteiger partial charge in [-0.1, -0.05) is 29.8 Å². The number of para-hydroxylation sites is 1. The number of hydrazine groups is 1. The van der Waals surface area contributed by atoms with Crippen LogP contribution in [0.15, 0.2) is 36.4 Å². The van der Waals surface area contributed by atoms with Crippen molar-refractivity contribution in [3.05, 3.63) is 64.3 Å². The summed E-state index contributed by atoms with van der Waals surface area (Å²) in [4.78, 5) is 16.1. The number of amides is 1. The van der Waals surface area contributed by atoms with Crippen LogP contribution < -0.4 is 16.2 Å². The van der Waals surface area contributed by atoms with E-state index in [-0.39, 0.29) is 23.7 Å². The first-order valence-electron chi connectivity index (χ1n) is 9.59. The van der Waals surface area contributed by atoms with Gasteiger partial charge in [0.2, 0.25) is 5.91 Å². The van der Waals surface area contributed by atoms with E-state index in [0.717, 1.165) is 22.3 Å². The van der Waals surface area contributed by atoms with Gasteiger partial charge in [0.05, 0.1) is 11.6 Å². The minimum absolute atomic E-state index is 0.0555. The number of carbonyl (C=O) groups is 1. The van der Waals surface area contributed by atoms with Crippen molar-refractivity contribution >= 4 is 16.8 Å². The number of hydrogen-bond donors (Lipinski definition) is 5. The minimum Gasteiger partial charge on any atom is -0.508 e. The van der Waals surface area contributed by atoms with Crippen molar-refractivity contribution in [1.82, 2.24) is 21.2 Å². The Morgan fingerprint density at radius 2 is 1.96 bits per heavy atom. The smallest absolute Gasteiger partial charge is 0.238 e. The van der Waals surface area contributed by atoms with Gasteiger partial charge in [-0.05, 0) is 50.5 Å². The lowest BCUT2D eigenvalue weighted by Gasteiger charge is -2.12. The number of fused-ring (bicyclic) bond motifs is 1. The van der Waals surface area contributed by atoms with E-state index in [4.69, 9.17) is 0 Å². The fourth-order valence-electron chi connectivity index (χ4n) is 3.95. The molecule has 6 heteroatoms. The van der Waals surface area contributed by atoms with Gasteiger partial charge in [-0.15, -0.1) is 0 Å². The molecule has 6 nitrogen and oxygen atoms in total. The van der Waals surface area contributed by atoms with Crippen molar-refractivity contribution in [1.29, 1.82) is 0 Å². The number of aromatic nitrogens is 1. The Kier molecular flexibility index (Phi) is 4.83. The molecule has 2 aromatic carbocycles. The van der Waals surface area contributed by atoms with Gasteiger partial charge in [0, 0.05) is 23.2 Å². The van der Waals surface area contributed by atoms with Gasteiger partial charge in [-0.3, -0.25) is 4.79 Å². The van der Waals surface area contributed by atoms with Crippen molar-refractivity contribution < 1.29 is 9.90 Å². The Hall–Kier alpha value is -2.83. The fraction of sp³-hybridized carbons (Fsp3) is 0.318. The van der Waals surface area contributed by atoms with Crippen LogP contribution in [0.3, 0.4) is 0 Å². The fourth-order valence-corrected chi connectivity index (χ4v) is 3.95. The number of benzene rings is 2. The third-order valence-electron chi connectivity index (χ3n) is 5.63. The Bertz CT molecular complexity index is 1040. The number of rotatable bonds is 4. The third-order valence-corrected chi connectivity index (χ3v) is 5.63. The Morgan fingerprint density at radius 3 is 2.75 bits per heavy atom. The summed E-state index contributed by atoms with van der Waals surface area (Å²) >= 11 is 0. The van der Waals surface area contributed by atoms with Crippen LogP contribution in [-0.2, 0) is 11.3 Å². The molecule has 5 N–H and O–H groups in total. The summed E-state index contributed by atoms with van der Waals surface area (Å²) in [5.74, 6) is 0.183. The molecule has 0 saturated carbocycles. The Balaban J connectivity index is 1.45. The first-order valence-corrected chi connectivity index (χ1v) is 9.59. The number of H-pyrrole nitrogens is 1. The topological polar surface area (TPSA) is 89.2 Å². The van der Waals surface area contributed by atoms with E-state index in [9.17, 15) is 9.90 Å². The van der Waals surface area contributed by atoms with Gasteiger partial charge < -0.3 is 15.4 Å². The molecule has 1 aliphatic rings. The SMILES string of the molecule is Cc1cc(CNC(=O)C2CC(c3ccccc3O)NN2)c2[nH]c(C)c(C)c2c1. The molecule has 1 aromatic heterocycles. The van der Waals surface area contributed by atoms with Crippen LogP contribution in [0.1, 0.15) is 40.4 Å². The third kappa shape index (κ3) is 3.37. The molecule has 4 rings (SSSR count). The molecule has 1 fully saturated rings. The van der Waals surface area contributed by atoms with Crippen molar-refractivity contribution in [2.24, 2.45) is 0 Å². The molecule has 0 aliphatic carbocycles. The molecule has 2 atom stereocenters. The molecule has 28 heavy (non-hydrogen) atoms. The van der Waals surface area contributed by atoms with Crippen LogP contribution in [-0.4, -0.2) is 22.0 Å². The molecular formula is C22H26N4O2. The highest BCUT2D eigenvalue weighted by Crippen LogP contribution is 2.29. The summed E-state index contributed by atoms with van der Waals surface area (Å²) in [7, 11) is 0. The van der Waals surface area contributed by atoms with Gasteiger partial charge in [0.25, 0.3) is 0 Å². The number of phenolic OH excluding ortho intramolecular Hbond substituents is 1. The van der Waals surface area contributed by atoms with Crippen LogP contribution in [0.4, 0.5) is 0 Å². The maximum atomic E-state index is 12.7. The van der Waals surface area contributed by atoms with Crippen LogP contribution in [0.25, 0.3) is 10.9 Å². The molecular weight excluding hydrogens is 352 g/mol. The lowest BCUT2D eigenvalue weighted by Crippen LogP contribution is -2.42. The molecule has 1 aliphatic heterocycles. The molecule has 0 spiro atoms. The van der Waals surface area contributed by atoms with Crippen LogP contribution in [0.2, 0.25) is 0 Å². The van der Waals surface area contributed by atoms with E-state index < -0.39 is 0 Å². The monoisotopic (exact) mass is 378 g/mol. The highest BCUT2D eigenvalue weighted by molar-refractivity contribution is 5.88. The molecule has 1 amide bonds. The summed E-state index contributed by atoms with van der Waals surface area (Å²) in [6.07, 6.45) is 0.577. The van der Waals surface area contributed by atoms with E-state index in [0.29, 0.717) is 13.0 Å². The van der Waals surface area contributed by atoms with Gasteiger partial charge in [0.15, 0.2) is 0 Å². The second kappa shape index (κ2) is 7.30. The summed E-state index contributed by atoms with van der Waals surface area (Å²) < 4.78 is 0. The van der Waals surface area contributed by atoms with E-state index in [1.165, 1.54) is 16.5 Å². The Morgan fingerprint density at radius 1 is 1.18 bits per heavy atom.